The second-order valence-electron chi connectivity index (χ2n) is 10.6. The lowest BCUT2D eigenvalue weighted by molar-refractivity contribution is 0.0943. The molecule has 7 rings (SSSR count). The third-order valence-electron chi connectivity index (χ3n) is 7.64. The van der Waals surface area contributed by atoms with Gasteiger partial charge in [-0.1, -0.05) is 41.6 Å². The molecule has 4 aromatic rings. The Morgan fingerprint density at radius 1 is 0.622 bits per heavy atom. The predicted molar refractivity (Wildman–Crippen MR) is 162 cm³/mol. The first-order chi connectivity index (χ1) is 21.7. The zero-order valence-corrected chi connectivity index (χ0v) is 25.2. The highest BCUT2D eigenvalue weighted by molar-refractivity contribution is 7.89. The average Bonchev–Trinajstić information content (AvgIpc) is 3.38. The molecule has 4 aromatic carbocycles. The maximum absolute atomic E-state index is 13.2. The fraction of sp³-hybridized carbons (Fsp3) is 0.194. The Balaban J connectivity index is 1.06. The van der Waals surface area contributed by atoms with Gasteiger partial charge in [0.1, 0.15) is 31.1 Å². The van der Waals surface area contributed by atoms with Crippen molar-refractivity contribution >= 4 is 25.8 Å². The summed E-state index contributed by atoms with van der Waals surface area (Å²) in [6.45, 7) is 0.285. The number of rotatable bonds is 8. The zero-order valence-electron chi connectivity index (χ0n) is 23.5. The number of benzene rings is 4. The minimum absolute atomic E-state index is 0.0341. The van der Waals surface area contributed by atoms with Crippen LogP contribution in [0.5, 0.6) is 23.0 Å². The fourth-order valence-corrected chi connectivity index (χ4v) is 7.58. The van der Waals surface area contributed by atoms with Crippen molar-refractivity contribution < 1.29 is 41.0 Å². The second-order valence-corrected chi connectivity index (χ2v) is 14.1. The Hall–Kier alpha value is -4.63. The van der Waals surface area contributed by atoms with Crippen molar-refractivity contribution in [3.05, 3.63) is 96.1 Å². The van der Waals surface area contributed by atoms with E-state index in [-0.39, 0.29) is 41.8 Å². The fourth-order valence-electron chi connectivity index (χ4n) is 5.39. The standard InChI is InChI=1S/C31H27N3O9S2/c35-34-31-25-13-21(44(36,37)32-15-19-17-40-27-5-1-3-7-29(27)42-19)9-11-23(25)24-12-10-22(14-26(24)31)45(38,39)33-16-20-18-41-28-6-2-4-8-30(28)43-20/h1-14,19-20,32-33,35H,15-18H2. The van der Waals surface area contributed by atoms with Gasteiger partial charge in [0.2, 0.25) is 20.0 Å². The lowest BCUT2D eigenvalue weighted by Gasteiger charge is -2.26. The molecule has 3 aliphatic rings. The van der Waals surface area contributed by atoms with Crippen LogP contribution in [0.2, 0.25) is 0 Å². The van der Waals surface area contributed by atoms with Crippen molar-refractivity contribution in [3.8, 4) is 34.1 Å². The van der Waals surface area contributed by atoms with Gasteiger partial charge in [-0.25, -0.2) is 26.3 Å². The highest BCUT2D eigenvalue weighted by Crippen LogP contribution is 2.39. The predicted octanol–water partition coefficient (Wildman–Crippen LogP) is 3.13. The van der Waals surface area contributed by atoms with Crippen molar-refractivity contribution in [3.63, 3.8) is 0 Å². The van der Waals surface area contributed by atoms with E-state index in [1.54, 1.807) is 48.5 Å². The van der Waals surface area contributed by atoms with Crippen LogP contribution in [0.3, 0.4) is 0 Å². The number of hydrogen-bond donors (Lipinski definition) is 3. The summed E-state index contributed by atoms with van der Waals surface area (Å²) in [5.74, 6) is 2.25. The monoisotopic (exact) mass is 649 g/mol. The summed E-state index contributed by atoms with van der Waals surface area (Å²) in [7, 11) is -7.99. The van der Waals surface area contributed by atoms with Gasteiger partial charge in [-0.3, -0.25) is 0 Å². The zero-order chi connectivity index (χ0) is 31.2. The summed E-state index contributed by atoms with van der Waals surface area (Å²) in [4.78, 5) is -0.115. The molecule has 2 aliphatic heterocycles. The smallest absolute Gasteiger partial charge is 0.240 e. The molecule has 2 atom stereocenters. The highest BCUT2D eigenvalue weighted by Gasteiger charge is 2.31. The minimum Gasteiger partial charge on any atom is -0.486 e. The van der Waals surface area contributed by atoms with E-state index in [2.05, 4.69) is 14.6 Å². The minimum atomic E-state index is -4.00. The molecule has 45 heavy (non-hydrogen) atoms. The molecule has 2 unspecified atom stereocenters. The van der Waals surface area contributed by atoms with Gasteiger partial charge in [-0.05, 0) is 59.7 Å². The van der Waals surface area contributed by atoms with Crippen molar-refractivity contribution in [1.82, 2.24) is 9.44 Å². The number of hydrogen-bond acceptors (Lipinski definition) is 10. The van der Waals surface area contributed by atoms with Crippen LogP contribution in [0, 0.1) is 0 Å². The third kappa shape index (κ3) is 5.57. The maximum Gasteiger partial charge on any atom is 0.240 e. The van der Waals surface area contributed by atoms with Crippen molar-refractivity contribution in [1.29, 1.82) is 0 Å². The molecule has 2 heterocycles. The Morgan fingerprint density at radius 2 is 1.04 bits per heavy atom. The number of fused-ring (bicyclic) bond motifs is 5. The normalized spacial score (nSPS) is 18.2. The molecule has 0 saturated heterocycles. The third-order valence-corrected chi connectivity index (χ3v) is 10.5. The summed E-state index contributed by atoms with van der Waals surface area (Å²) < 4.78 is 81.0. The number of sulfonamides is 2. The Labute approximate surface area is 259 Å². The first-order valence-electron chi connectivity index (χ1n) is 14.0. The molecule has 0 fully saturated rings. The molecule has 1 aliphatic carbocycles. The molecule has 3 N–H and O–H groups in total. The molecule has 0 amide bonds. The van der Waals surface area contributed by atoms with E-state index in [1.165, 1.54) is 24.3 Å². The van der Waals surface area contributed by atoms with Crippen molar-refractivity contribution in [2.24, 2.45) is 5.16 Å². The summed E-state index contributed by atoms with van der Waals surface area (Å²) in [5, 5.41) is 13.4. The van der Waals surface area contributed by atoms with E-state index in [0.29, 0.717) is 45.3 Å². The van der Waals surface area contributed by atoms with E-state index in [4.69, 9.17) is 18.9 Å². The Morgan fingerprint density at radius 3 is 1.47 bits per heavy atom. The average molecular weight is 650 g/mol. The van der Waals surface area contributed by atoms with E-state index in [9.17, 15) is 22.0 Å². The first-order valence-corrected chi connectivity index (χ1v) is 17.0. The van der Waals surface area contributed by atoms with Gasteiger partial charge < -0.3 is 24.2 Å². The van der Waals surface area contributed by atoms with Gasteiger partial charge in [0.05, 0.1) is 22.9 Å². The van der Waals surface area contributed by atoms with Crippen LogP contribution in [0.1, 0.15) is 11.1 Å². The van der Waals surface area contributed by atoms with Crippen LogP contribution < -0.4 is 28.4 Å². The quantitative estimate of drug-likeness (QED) is 0.169. The van der Waals surface area contributed by atoms with Crippen LogP contribution in [0.15, 0.2) is 99.9 Å². The van der Waals surface area contributed by atoms with E-state index in [0.717, 1.165) is 0 Å². The van der Waals surface area contributed by atoms with Crippen molar-refractivity contribution in [2.75, 3.05) is 26.3 Å². The number of nitrogens with zero attached hydrogens (tertiary/aromatic N) is 1. The van der Waals surface area contributed by atoms with E-state index >= 15 is 0 Å². The molecular formula is C31H27N3O9S2. The number of nitrogens with one attached hydrogen (secondary N) is 2. The Kier molecular flexibility index (Phi) is 7.36. The van der Waals surface area contributed by atoms with E-state index in [1.807, 2.05) is 12.1 Å². The van der Waals surface area contributed by atoms with Crippen LogP contribution in [0.4, 0.5) is 0 Å². The van der Waals surface area contributed by atoms with Gasteiger partial charge in [-0.2, -0.15) is 0 Å². The van der Waals surface area contributed by atoms with Gasteiger partial charge in [0.25, 0.3) is 0 Å². The van der Waals surface area contributed by atoms with Crippen LogP contribution >= 0.6 is 0 Å². The first kappa shape index (κ1) is 29.1. The topological polar surface area (TPSA) is 162 Å². The van der Waals surface area contributed by atoms with Gasteiger partial charge >= 0.3 is 0 Å². The number of oxime groups is 1. The second kappa shape index (κ2) is 11.4. The number of para-hydroxylation sites is 4. The molecule has 0 spiro atoms. The highest BCUT2D eigenvalue weighted by atomic mass is 32.2. The Bertz CT molecular complexity index is 1910. The summed E-state index contributed by atoms with van der Waals surface area (Å²) in [5.41, 5.74) is 1.93. The SMILES string of the molecule is O=S(=O)(NCC1COc2ccccc2O1)c1ccc2c(c1)C(=NO)c1cc(S(=O)(=O)NCC3COc4ccccc4O3)ccc1-2. The van der Waals surface area contributed by atoms with Crippen LogP contribution in [-0.2, 0) is 20.0 Å². The van der Waals surface area contributed by atoms with Gasteiger partial charge in [0.15, 0.2) is 23.0 Å². The molecule has 232 valence electrons. The van der Waals surface area contributed by atoms with Gasteiger partial charge in [0, 0.05) is 11.1 Å². The molecule has 0 bridgehead atoms. The van der Waals surface area contributed by atoms with Crippen LogP contribution in [0.25, 0.3) is 11.1 Å². The summed E-state index contributed by atoms with van der Waals surface area (Å²) in [6.07, 6.45) is -1.07. The number of ether oxygens (including phenoxy) is 4. The molecule has 0 radical (unpaired) electrons. The molecule has 14 heteroatoms. The summed E-state index contributed by atoms with van der Waals surface area (Å²) >= 11 is 0. The molecule has 12 nitrogen and oxygen atoms in total. The molecule has 0 saturated carbocycles. The lowest BCUT2D eigenvalue weighted by Crippen LogP contribution is -2.40. The summed E-state index contributed by atoms with van der Waals surface area (Å²) in [6, 6.07) is 23.1. The van der Waals surface area contributed by atoms with E-state index < -0.39 is 32.3 Å². The molecule has 0 aromatic heterocycles. The van der Waals surface area contributed by atoms with Gasteiger partial charge in [-0.15, -0.1) is 0 Å². The van der Waals surface area contributed by atoms with Crippen molar-refractivity contribution in [2.45, 2.75) is 22.0 Å². The molecular weight excluding hydrogens is 622 g/mol. The maximum atomic E-state index is 13.2. The van der Waals surface area contributed by atoms with Crippen LogP contribution in [-0.4, -0.2) is 66.3 Å². The largest absolute Gasteiger partial charge is 0.486 e. The lowest BCUT2D eigenvalue weighted by atomic mass is 10.1.